The predicted octanol–water partition coefficient (Wildman–Crippen LogP) is 5.97. The summed E-state index contributed by atoms with van der Waals surface area (Å²) in [5.41, 5.74) is 0. The first-order chi connectivity index (χ1) is 9.18. The van der Waals surface area contributed by atoms with Gasteiger partial charge in [-0.3, -0.25) is 4.79 Å². The molecule has 0 saturated heterocycles. The van der Waals surface area contributed by atoms with Crippen LogP contribution < -0.4 is 0 Å². The Morgan fingerprint density at radius 3 is 1.58 bits per heavy atom. The lowest BCUT2D eigenvalue weighted by molar-refractivity contribution is -0.136. The minimum atomic E-state index is -0.663. The molecule has 0 amide bonds. The highest BCUT2D eigenvalue weighted by Gasteiger charge is 2.11. The van der Waals surface area contributed by atoms with Crippen molar-refractivity contribution in [2.24, 2.45) is 0 Å². The van der Waals surface area contributed by atoms with Crippen molar-refractivity contribution in [2.75, 3.05) is 0 Å². The van der Waals surface area contributed by atoms with Crippen LogP contribution in [0.3, 0.4) is 0 Å². The number of aliphatic carboxylic acids is 1. The number of hydrogen-bond donors (Lipinski definition) is 1. The van der Waals surface area contributed by atoms with E-state index in [-0.39, 0.29) is 3.92 Å². The Kier molecular flexibility index (Phi) is 14.8. The van der Waals surface area contributed by atoms with Crippen molar-refractivity contribution in [3.05, 3.63) is 0 Å². The van der Waals surface area contributed by atoms with E-state index in [0.717, 1.165) is 12.8 Å². The van der Waals surface area contributed by atoms with Crippen LogP contribution in [0.2, 0.25) is 0 Å². The zero-order chi connectivity index (χ0) is 14.3. The summed E-state index contributed by atoms with van der Waals surface area (Å²) in [6, 6.07) is 0. The fourth-order valence-corrected chi connectivity index (χ4v) is 2.73. The van der Waals surface area contributed by atoms with Crippen LogP contribution in [0.1, 0.15) is 90.4 Å². The van der Waals surface area contributed by atoms with Crippen molar-refractivity contribution in [3.8, 4) is 0 Å². The molecule has 1 atom stereocenters. The summed E-state index contributed by atoms with van der Waals surface area (Å²) in [5, 5.41) is 8.75. The van der Waals surface area contributed by atoms with Gasteiger partial charge in [0.25, 0.3) is 0 Å². The second-order valence-electron chi connectivity index (χ2n) is 5.48. The molecule has 3 heteroatoms. The van der Waals surface area contributed by atoms with E-state index in [0.29, 0.717) is 0 Å². The Balaban J connectivity index is 3.05. The Morgan fingerprint density at radius 1 is 0.842 bits per heavy atom. The van der Waals surface area contributed by atoms with Gasteiger partial charge < -0.3 is 5.11 Å². The predicted molar refractivity (Wildman–Crippen MR) is 91.1 cm³/mol. The number of rotatable bonds is 14. The summed E-state index contributed by atoms with van der Waals surface area (Å²) in [6.45, 7) is 2.26. The molecule has 0 aromatic rings. The van der Waals surface area contributed by atoms with Gasteiger partial charge in [0.2, 0.25) is 0 Å². The quantitative estimate of drug-likeness (QED) is 0.228. The van der Waals surface area contributed by atoms with E-state index in [1.807, 2.05) is 22.6 Å². The third kappa shape index (κ3) is 14.4. The highest BCUT2D eigenvalue weighted by Crippen LogP contribution is 2.15. The number of alkyl halides is 1. The van der Waals surface area contributed by atoms with Crippen molar-refractivity contribution in [3.63, 3.8) is 0 Å². The summed E-state index contributed by atoms with van der Waals surface area (Å²) in [4.78, 5) is 10.6. The molecular formula is C16H31IO2. The zero-order valence-electron chi connectivity index (χ0n) is 12.5. The molecule has 0 aromatic heterocycles. The van der Waals surface area contributed by atoms with E-state index >= 15 is 0 Å². The number of hydrogen-bond acceptors (Lipinski definition) is 1. The summed E-state index contributed by atoms with van der Waals surface area (Å²) >= 11 is 2.02. The molecule has 0 rings (SSSR count). The highest BCUT2D eigenvalue weighted by atomic mass is 127. The molecule has 0 aliphatic carbocycles. The summed E-state index contributed by atoms with van der Waals surface area (Å²) in [7, 11) is 0. The Bertz CT molecular complexity index is 207. The van der Waals surface area contributed by atoms with E-state index in [4.69, 9.17) is 5.11 Å². The van der Waals surface area contributed by atoms with Crippen LogP contribution in [0.15, 0.2) is 0 Å². The van der Waals surface area contributed by atoms with E-state index in [1.165, 1.54) is 70.6 Å². The maximum Gasteiger partial charge on any atom is 0.316 e. The third-order valence-corrected chi connectivity index (χ3v) is 4.73. The molecule has 0 fully saturated rings. The third-order valence-electron chi connectivity index (χ3n) is 3.58. The van der Waals surface area contributed by atoms with Gasteiger partial charge in [0.15, 0.2) is 0 Å². The van der Waals surface area contributed by atoms with Gasteiger partial charge in [0, 0.05) is 0 Å². The largest absolute Gasteiger partial charge is 0.480 e. The molecule has 0 saturated carbocycles. The van der Waals surface area contributed by atoms with Crippen molar-refractivity contribution >= 4 is 28.6 Å². The van der Waals surface area contributed by atoms with Crippen molar-refractivity contribution in [1.82, 2.24) is 0 Å². The van der Waals surface area contributed by atoms with Crippen LogP contribution in [0.4, 0.5) is 0 Å². The van der Waals surface area contributed by atoms with Gasteiger partial charge in [-0.25, -0.2) is 0 Å². The maximum atomic E-state index is 10.6. The first-order valence-electron chi connectivity index (χ1n) is 8.05. The number of carbonyl (C=O) groups is 1. The van der Waals surface area contributed by atoms with E-state index in [1.54, 1.807) is 0 Å². The molecular weight excluding hydrogens is 351 g/mol. The molecule has 0 aliphatic rings. The van der Waals surface area contributed by atoms with Gasteiger partial charge in [-0.1, -0.05) is 107 Å². The zero-order valence-corrected chi connectivity index (χ0v) is 14.7. The minimum Gasteiger partial charge on any atom is -0.480 e. The lowest BCUT2D eigenvalue weighted by Crippen LogP contribution is -2.11. The fraction of sp³-hybridized carbons (Fsp3) is 0.938. The highest BCUT2D eigenvalue weighted by molar-refractivity contribution is 14.1. The Morgan fingerprint density at radius 2 is 1.21 bits per heavy atom. The first kappa shape index (κ1) is 19.2. The number of halogens is 1. The lowest BCUT2D eigenvalue weighted by atomic mass is 10.0. The van der Waals surface area contributed by atoms with Crippen LogP contribution in [0, 0.1) is 0 Å². The van der Waals surface area contributed by atoms with Crippen molar-refractivity contribution in [1.29, 1.82) is 0 Å². The van der Waals surface area contributed by atoms with Gasteiger partial charge in [0.05, 0.1) is 0 Å². The van der Waals surface area contributed by atoms with Gasteiger partial charge in [-0.15, -0.1) is 0 Å². The Hall–Kier alpha value is 0.200. The molecule has 114 valence electrons. The second-order valence-corrected chi connectivity index (χ2v) is 6.99. The number of carboxylic acid groups (broad SMARTS) is 1. The molecule has 0 radical (unpaired) electrons. The van der Waals surface area contributed by atoms with E-state index in [9.17, 15) is 4.79 Å². The standard InChI is InChI=1S/C16H31IO2/c1-2-3-4-5-6-7-8-9-10-11-12-13-14-15(17)16(18)19/h15H,2-14H2,1H3,(H,18,19). The summed E-state index contributed by atoms with van der Waals surface area (Å²) in [5.74, 6) is -0.663. The Labute approximate surface area is 132 Å². The SMILES string of the molecule is CCCCCCCCCCCCCCC(I)C(=O)O. The molecule has 1 unspecified atom stereocenters. The van der Waals surface area contributed by atoms with Crippen LogP contribution in [-0.2, 0) is 4.79 Å². The van der Waals surface area contributed by atoms with Gasteiger partial charge in [0.1, 0.15) is 3.92 Å². The van der Waals surface area contributed by atoms with Gasteiger partial charge in [-0.2, -0.15) is 0 Å². The summed E-state index contributed by atoms with van der Waals surface area (Å²) in [6.07, 6.45) is 16.8. The molecule has 0 spiro atoms. The second kappa shape index (κ2) is 14.6. The number of unbranched alkanes of at least 4 members (excludes halogenated alkanes) is 11. The molecule has 0 heterocycles. The smallest absolute Gasteiger partial charge is 0.316 e. The van der Waals surface area contributed by atoms with Crippen LogP contribution in [-0.4, -0.2) is 15.0 Å². The van der Waals surface area contributed by atoms with Crippen molar-refractivity contribution in [2.45, 2.75) is 94.3 Å². The molecule has 0 aromatic carbocycles. The van der Waals surface area contributed by atoms with E-state index < -0.39 is 5.97 Å². The fourth-order valence-electron chi connectivity index (χ4n) is 2.29. The summed E-state index contributed by atoms with van der Waals surface area (Å²) < 4.78 is -0.194. The number of carboxylic acids is 1. The van der Waals surface area contributed by atoms with E-state index in [2.05, 4.69) is 6.92 Å². The lowest BCUT2D eigenvalue weighted by Gasteiger charge is -2.04. The monoisotopic (exact) mass is 382 g/mol. The minimum absolute atomic E-state index is 0.194. The molecule has 2 nitrogen and oxygen atoms in total. The van der Waals surface area contributed by atoms with Crippen LogP contribution in [0.25, 0.3) is 0 Å². The topological polar surface area (TPSA) is 37.3 Å². The normalized spacial score (nSPS) is 12.5. The maximum absolute atomic E-state index is 10.6. The molecule has 1 N–H and O–H groups in total. The molecule has 19 heavy (non-hydrogen) atoms. The van der Waals surface area contributed by atoms with Gasteiger partial charge >= 0.3 is 5.97 Å². The molecule has 0 bridgehead atoms. The van der Waals surface area contributed by atoms with Crippen LogP contribution in [0.5, 0.6) is 0 Å². The molecule has 0 aliphatic heterocycles. The average molecular weight is 382 g/mol. The van der Waals surface area contributed by atoms with Gasteiger partial charge in [-0.05, 0) is 6.42 Å². The first-order valence-corrected chi connectivity index (χ1v) is 9.30. The van der Waals surface area contributed by atoms with Crippen LogP contribution >= 0.6 is 22.6 Å². The average Bonchev–Trinajstić information content (AvgIpc) is 2.39. The van der Waals surface area contributed by atoms with Crippen molar-refractivity contribution < 1.29 is 9.90 Å².